The second kappa shape index (κ2) is 4.89. The second-order valence-corrected chi connectivity index (χ2v) is 4.07. The highest BCUT2D eigenvalue weighted by Crippen LogP contribution is 2.31. The number of hydrogen-bond acceptors (Lipinski definition) is 4. The van der Waals surface area contributed by atoms with Crippen LogP contribution < -0.4 is 5.32 Å². The highest BCUT2D eigenvalue weighted by atomic mass is 16.6. The smallest absolute Gasteiger partial charge is 0.295 e. The standard InChI is InChI=1S/C12H12N4O3/c1-8-5-10(15-4-3-13-7-15)6-11(16(18)19)12(8)14-9(2)17/h3-7H,1-2H3,(H,14,17). The van der Waals surface area contributed by atoms with Gasteiger partial charge in [-0.15, -0.1) is 0 Å². The lowest BCUT2D eigenvalue weighted by Crippen LogP contribution is -2.10. The van der Waals surface area contributed by atoms with Crippen LogP contribution in [-0.4, -0.2) is 20.4 Å². The summed E-state index contributed by atoms with van der Waals surface area (Å²) in [6, 6.07) is 3.15. The van der Waals surface area contributed by atoms with Gasteiger partial charge in [-0.25, -0.2) is 4.98 Å². The van der Waals surface area contributed by atoms with Crippen LogP contribution in [0.4, 0.5) is 11.4 Å². The van der Waals surface area contributed by atoms with Crippen molar-refractivity contribution < 1.29 is 9.72 Å². The Balaban J connectivity index is 2.58. The first-order chi connectivity index (χ1) is 8.99. The van der Waals surface area contributed by atoms with E-state index in [-0.39, 0.29) is 17.3 Å². The molecule has 0 aliphatic rings. The molecular weight excluding hydrogens is 248 g/mol. The van der Waals surface area contributed by atoms with E-state index in [9.17, 15) is 14.9 Å². The molecule has 1 aromatic heterocycles. The van der Waals surface area contributed by atoms with Crippen LogP contribution in [0.1, 0.15) is 12.5 Å². The summed E-state index contributed by atoms with van der Waals surface area (Å²) >= 11 is 0. The van der Waals surface area contributed by atoms with Crippen molar-refractivity contribution >= 4 is 17.3 Å². The van der Waals surface area contributed by atoms with Gasteiger partial charge in [0.1, 0.15) is 5.69 Å². The molecule has 1 amide bonds. The molecule has 0 saturated carbocycles. The van der Waals surface area contributed by atoms with Crippen LogP contribution in [0.25, 0.3) is 5.69 Å². The van der Waals surface area contributed by atoms with E-state index in [0.717, 1.165) is 0 Å². The summed E-state index contributed by atoms with van der Waals surface area (Å²) in [4.78, 5) is 25.6. The predicted molar refractivity (Wildman–Crippen MR) is 69.3 cm³/mol. The van der Waals surface area contributed by atoms with Gasteiger partial charge in [0.05, 0.1) is 16.9 Å². The zero-order chi connectivity index (χ0) is 14.0. The Morgan fingerprint density at radius 2 is 2.21 bits per heavy atom. The molecule has 0 radical (unpaired) electrons. The average molecular weight is 260 g/mol. The number of rotatable bonds is 3. The molecule has 1 N–H and O–H groups in total. The quantitative estimate of drug-likeness (QED) is 0.675. The van der Waals surface area contributed by atoms with Crippen LogP contribution in [0.15, 0.2) is 30.9 Å². The molecule has 0 spiro atoms. The molecule has 98 valence electrons. The summed E-state index contributed by atoms with van der Waals surface area (Å²) in [5.41, 5.74) is 1.32. The van der Waals surface area contributed by atoms with Gasteiger partial charge in [0, 0.05) is 25.4 Å². The number of anilines is 1. The van der Waals surface area contributed by atoms with Gasteiger partial charge in [0.25, 0.3) is 5.69 Å². The van der Waals surface area contributed by atoms with Gasteiger partial charge in [-0.1, -0.05) is 0 Å². The minimum Gasteiger partial charge on any atom is -0.320 e. The van der Waals surface area contributed by atoms with Crippen LogP contribution in [0.5, 0.6) is 0 Å². The normalized spacial score (nSPS) is 10.2. The number of amides is 1. The Morgan fingerprint density at radius 1 is 1.47 bits per heavy atom. The largest absolute Gasteiger partial charge is 0.320 e. The molecular formula is C12H12N4O3. The minimum atomic E-state index is -0.515. The topological polar surface area (TPSA) is 90.1 Å². The molecule has 0 atom stereocenters. The van der Waals surface area contributed by atoms with Crippen molar-refractivity contribution in [2.75, 3.05) is 5.32 Å². The number of nitro benzene ring substituents is 1. The van der Waals surface area contributed by atoms with Crippen LogP contribution in [-0.2, 0) is 4.79 Å². The minimum absolute atomic E-state index is 0.140. The molecule has 1 heterocycles. The number of nitrogens with zero attached hydrogens (tertiary/aromatic N) is 3. The van der Waals surface area contributed by atoms with Gasteiger partial charge in [-0.05, 0) is 18.6 Å². The summed E-state index contributed by atoms with van der Waals surface area (Å²) in [6.07, 6.45) is 4.83. The first kappa shape index (κ1) is 12.7. The summed E-state index contributed by atoms with van der Waals surface area (Å²) in [5, 5.41) is 13.6. The Bertz CT molecular complexity index is 635. The van der Waals surface area contributed by atoms with Crippen molar-refractivity contribution in [3.05, 3.63) is 46.5 Å². The maximum Gasteiger partial charge on any atom is 0.295 e. The molecule has 2 rings (SSSR count). The van der Waals surface area contributed by atoms with E-state index in [1.165, 1.54) is 13.0 Å². The lowest BCUT2D eigenvalue weighted by atomic mass is 10.1. The Labute approximate surface area is 109 Å². The van der Waals surface area contributed by atoms with Crippen molar-refractivity contribution in [2.45, 2.75) is 13.8 Å². The fourth-order valence-corrected chi connectivity index (χ4v) is 1.79. The Kier molecular flexibility index (Phi) is 3.28. The van der Waals surface area contributed by atoms with Gasteiger partial charge in [-0.3, -0.25) is 14.9 Å². The SMILES string of the molecule is CC(=O)Nc1c(C)cc(-n2ccnc2)cc1[N+](=O)[O-]. The number of nitro groups is 1. The van der Waals surface area contributed by atoms with Gasteiger partial charge in [0.15, 0.2) is 0 Å². The molecule has 1 aromatic carbocycles. The first-order valence-corrected chi connectivity index (χ1v) is 5.54. The number of nitrogens with one attached hydrogen (secondary N) is 1. The van der Waals surface area contributed by atoms with E-state index in [1.54, 1.807) is 36.3 Å². The lowest BCUT2D eigenvalue weighted by Gasteiger charge is -2.10. The number of aromatic nitrogens is 2. The van der Waals surface area contributed by atoms with Gasteiger partial charge in [-0.2, -0.15) is 0 Å². The van der Waals surface area contributed by atoms with Gasteiger partial charge < -0.3 is 9.88 Å². The number of carbonyl (C=O) groups excluding carboxylic acids is 1. The van der Waals surface area contributed by atoms with E-state index < -0.39 is 4.92 Å². The molecule has 0 aliphatic heterocycles. The van der Waals surface area contributed by atoms with Crippen LogP contribution in [0.2, 0.25) is 0 Å². The molecule has 0 unspecified atom stereocenters. The van der Waals surface area contributed by atoms with E-state index in [2.05, 4.69) is 10.3 Å². The number of hydrogen-bond donors (Lipinski definition) is 1. The highest BCUT2D eigenvalue weighted by molar-refractivity contribution is 5.92. The zero-order valence-electron chi connectivity index (χ0n) is 10.5. The van der Waals surface area contributed by atoms with Crippen molar-refractivity contribution in [1.29, 1.82) is 0 Å². The molecule has 2 aromatic rings. The second-order valence-electron chi connectivity index (χ2n) is 4.07. The number of benzene rings is 1. The third kappa shape index (κ3) is 2.59. The summed E-state index contributed by atoms with van der Waals surface area (Å²) in [6.45, 7) is 3.02. The first-order valence-electron chi connectivity index (χ1n) is 5.54. The average Bonchev–Trinajstić information content (AvgIpc) is 2.84. The van der Waals surface area contributed by atoms with Gasteiger partial charge >= 0.3 is 0 Å². The molecule has 7 heteroatoms. The monoisotopic (exact) mass is 260 g/mol. The van der Waals surface area contributed by atoms with Crippen molar-refractivity contribution in [1.82, 2.24) is 9.55 Å². The fraction of sp³-hybridized carbons (Fsp3) is 0.167. The molecule has 7 nitrogen and oxygen atoms in total. The van der Waals surface area contributed by atoms with Crippen molar-refractivity contribution in [2.24, 2.45) is 0 Å². The van der Waals surface area contributed by atoms with Crippen LogP contribution >= 0.6 is 0 Å². The molecule has 0 saturated heterocycles. The Hall–Kier alpha value is -2.70. The van der Waals surface area contributed by atoms with E-state index in [1.807, 2.05) is 0 Å². The van der Waals surface area contributed by atoms with Crippen molar-refractivity contribution in [3.63, 3.8) is 0 Å². The van der Waals surface area contributed by atoms with Crippen molar-refractivity contribution in [3.8, 4) is 5.69 Å². The number of aryl methyl sites for hydroxylation is 1. The van der Waals surface area contributed by atoms with Crippen LogP contribution in [0, 0.1) is 17.0 Å². The van der Waals surface area contributed by atoms with Crippen LogP contribution in [0.3, 0.4) is 0 Å². The summed E-state index contributed by atoms with van der Waals surface area (Å²) < 4.78 is 1.66. The van der Waals surface area contributed by atoms with E-state index >= 15 is 0 Å². The van der Waals surface area contributed by atoms with Gasteiger partial charge in [0.2, 0.25) is 5.91 Å². The van der Waals surface area contributed by atoms with E-state index in [0.29, 0.717) is 11.3 Å². The molecule has 0 fully saturated rings. The third-order valence-corrected chi connectivity index (χ3v) is 2.60. The number of imidazole rings is 1. The number of carbonyl (C=O) groups is 1. The fourth-order valence-electron chi connectivity index (χ4n) is 1.79. The maximum absolute atomic E-state index is 11.1. The highest BCUT2D eigenvalue weighted by Gasteiger charge is 2.19. The summed E-state index contributed by atoms with van der Waals surface area (Å²) in [7, 11) is 0. The predicted octanol–water partition coefficient (Wildman–Crippen LogP) is 2.05. The van der Waals surface area contributed by atoms with E-state index in [4.69, 9.17) is 0 Å². The molecule has 19 heavy (non-hydrogen) atoms. The lowest BCUT2D eigenvalue weighted by molar-refractivity contribution is -0.383. The molecule has 0 bridgehead atoms. The Morgan fingerprint density at radius 3 is 2.74 bits per heavy atom. The maximum atomic E-state index is 11.1. The summed E-state index contributed by atoms with van der Waals surface area (Å²) in [5.74, 6) is -0.346. The third-order valence-electron chi connectivity index (χ3n) is 2.60. The zero-order valence-corrected chi connectivity index (χ0v) is 10.5. The molecule has 0 aliphatic carbocycles.